The van der Waals surface area contributed by atoms with Gasteiger partial charge in [-0.15, -0.1) is 11.3 Å². The van der Waals surface area contributed by atoms with E-state index in [0.717, 1.165) is 16.5 Å². The first kappa shape index (κ1) is 13.8. The van der Waals surface area contributed by atoms with Gasteiger partial charge in [0.05, 0.1) is 13.3 Å². The molecule has 0 fully saturated rings. The summed E-state index contributed by atoms with van der Waals surface area (Å²) in [5.74, 6) is 0.499. The molecule has 3 rings (SSSR count). The summed E-state index contributed by atoms with van der Waals surface area (Å²) in [4.78, 5) is 12.9. The Hall–Kier alpha value is -2.14. The van der Waals surface area contributed by atoms with E-state index in [1.165, 1.54) is 0 Å². The van der Waals surface area contributed by atoms with Crippen molar-refractivity contribution in [1.29, 1.82) is 0 Å². The van der Waals surface area contributed by atoms with Gasteiger partial charge in [-0.3, -0.25) is 9.48 Å². The Bertz CT molecular complexity index is 789. The molecule has 21 heavy (non-hydrogen) atoms. The molecule has 0 spiro atoms. The minimum atomic E-state index is -0.0322. The Balaban J connectivity index is 2.12. The van der Waals surface area contributed by atoms with Crippen molar-refractivity contribution < 1.29 is 9.53 Å². The molecule has 0 saturated heterocycles. The Labute approximate surface area is 127 Å². The number of ketones is 1. The first-order valence-electron chi connectivity index (χ1n) is 6.87. The number of benzene rings is 1. The fourth-order valence-electron chi connectivity index (χ4n) is 2.41. The van der Waals surface area contributed by atoms with E-state index in [-0.39, 0.29) is 5.78 Å². The van der Waals surface area contributed by atoms with Gasteiger partial charge >= 0.3 is 0 Å². The summed E-state index contributed by atoms with van der Waals surface area (Å²) in [6.07, 6.45) is 2.52. The molecule has 108 valence electrons. The lowest BCUT2D eigenvalue weighted by molar-refractivity contribution is 0.102. The standard InChI is InChI=1S/C16H16N2O2S/c1-3-8-18-15(13(20-2)9-17-18)16(19)12-10-21-14-7-5-4-6-11(12)14/h4-7,9-10H,3,8H2,1-2H3. The lowest BCUT2D eigenvalue weighted by Crippen LogP contribution is -2.12. The molecule has 0 aliphatic carbocycles. The Morgan fingerprint density at radius 2 is 2.19 bits per heavy atom. The largest absolute Gasteiger partial charge is 0.493 e. The van der Waals surface area contributed by atoms with Crippen LogP contribution in [0.25, 0.3) is 10.1 Å². The normalized spacial score (nSPS) is 11.0. The van der Waals surface area contributed by atoms with Gasteiger partial charge in [-0.25, -0.2) is 0 Å². The van der Waals surface area contributed by atoms with E-state index in [4.69, 9.17) is 4.74 Å². The van der Waals surface area contributed by atoms with Crippen molar-refractivity contribution in [3.8, 4) is 5.75 Å². The second kappa shape index (κ2) is 5.69. The van der Waals surface area contributed by atoms with Crippen LogP contribution in [0.1, 0.15) is 29.4 Å². The molecule has 0 unspecified atom stereocenters. The molecule has 0 bridgehead atoms. The summed E-state index contributed by atoms with van der Waals surface area (Å²) < 4.78 is 8.14. The number of carbonyl (C=O) groups excluding carboxylic acids is 1. The molecule has 1 aromatic carbocycles. The Kier molecular flexibility index (Phi) is 3.75. The van der Waals surface area contributed by atoms with Crippen molar-refractivity contribution >= 4 is 27.2 Å². The minimum Gasteiger partial charge on any atom is -0.493 e. The summed E-state index contributed by atoms with van der Waals surface area (Å²) in [5, 5.41) is 7.16. The number of fused-ring (bicyclic) bond motifs is 1. The topological polar surface area (TPSA) is 44.1 Å². The van der Waals surface area contributed by atoms with E-state index in [2.05, 4.69) is 12.0 Å². The number of nitrogens with zero attached hydrogens (tertiary/aromatic N) is 2. The first-order chi connectivity index (χ1) is 10.3. The number of hydrogen-bond acceptors (Lipinski definition) is 4. The highest BCUT2D eigenvalue weighted by Gasteiger charge is 2.23. The van der Waals surface area contributed by atoms with Gasteiger partial charge in [0.1, 0.15) is 0 Å². The van der Waals surface area contributed by atoms with Gasteiger partial charge in [-0.2, -0.15) is 5.10 Å². The van der Waals surface area contributed by atoms with E-state index in [1.807, 2.05) is 29.6 Å². The van der Waals surface area contributed by atoms with E-state index in [1.54, 1.807) is 29.3 Å². The molecule has 0 amide bonds. The van der Waals surface area contributed by atoms with Gasteiger partial charge in [-0.05, 0) is 12.5 Å². The zero-order chi connectivity index (χ0) is 14.8. The minimum absolute atomic E-state index is 0.0322. The first-order valence-corrected chi connectivity index (χ1v) is 7.75. The number of ether oxygens (including phenoxy) is 1. The number of aromatic nitrogens is 2. The highest BCUT2D eigenvalue weighted by Crippen LogP contribution is 2.30. The number of rotatable bonds is 5. The van der Waals surface area contributed by atoms with Crippen molar-refractivity contribution in [2.45, 2.75) is 19.9 Å². The van der Waals surface area contributed by atoms with Crippen molar-refractivity contribution in [1.82, 2.24) is 9.78 Å². The average molecular weight is 300 g/mol. The quantitative estimate of drug-likeness (QED) is 0.674. The maximum atomic E-state index is 12.9. The van der Waals surface area contributed by atoms with E-state index < -0.39 is 0 Å². The van der Waals surface area contributed by atoms with Crippen LogP contribution in [0.4, 0.5) is 0 Å². The molecular weight excluding hydrogens is 284 g/mol. The summed E-state index contributed by atoms with van der Waals surface area (Å²) in [7, 11) is 1.57. The fourth-order valence-corrected chi connectivity index (χ4v) is 3.35. The molecule has 5 heteroatoms. The maximum Gasteiger partial charge on any atom is 0.216 e. The van der Waals surface area contributed by atoms with E-state index >= 15 is 0 Å². The van der Waals surface area contributed by atoms with Crippen LogP contribution >= 0.6 is 11.3 Å². The highest BCUT2D eigenvalue weighted by molar-refractivity contribution is 7.17. The number of carbonyl (C=O) groups is 1. The summed E-state index contributed by atoms with van der Waals surface area (Å²) >= 11 is 1.58. The highest BCUT2D eigenvalue weighted by atomic mass is 32.1. The maximum absolute atomic E-state index is 12.9. The molecule has 0 aliphatic heterocycles. The molecule has 3 aromatic rings. The van der Waals surface area contributed by atoms with Crippen LogP contribution in [-0.2, 0) is 6.54 Å². The van der Waals surface area contributed by atoms with Crippen LogP contribution in [0, 0.1) is 0 Å². The molecule has 0 N–H and O–H groups in total. The summed E-state index contributed by atoms with van der Waals surface area (Å²) in [5.41, 5.74) is 1.25. The van der Waals surface area contributed by atoms with E-state index in [0.29, 0.717) is 23.6 Å². The fraction of sp³-hybridized carbons (Fsp3) is 0.250. The molecule has 2 aromatic heterocycles. The Morgan fingerprint density at radius 3 is 2.95 bits per heavy atom. The van der Waals surface area contributed by atoms with Crippen LogP contribution in [0.3, 0.4) is 0 Å². The number of methoxy groups -OCH3 is 1. The predicted molar refractivity (Wildman–Crippen MR) is 84.3 cm³/mol. The number of aryl methyl sites for hydroxylation is 1. The van der Waals surface area contributed by atoms with Gasteiger partial charge < -0.3 is 4.74 Å². The molecule has 0 radical (unpaired) electrons. The zero-order valence-electron chi connectivity index (χ0n) is 12.0. The van der Waals surface area contributed by atoms with Crippen LogP contribution in [0.5, 0.6) is 5.75 Å². The molecule has 2 heterocycles. The van der Waals surface area contributed by atoms with Crippen molar-refractivity contribution in [3.05, 3.63) is 47.1 Å². The smallest absolute Gasteiger partial charge is 0.216 e. The Morgan fingerprint density at radius 1 is 1.38 bits per heavy atom. The molecule has 0 saturated carbocycles. The van der Waals surface area contributed by atoms with Crippen molar-refractivity contribution in [2.75, 3.05) is 7.11 Å². The molecule has 0 aliphatic rings. The number of hydrogen-bond donors (Lipinski definition) is 0. The van der Waals surface area contributed by atoms with Crippen LogP contribution in [-0.4, -0.2) is 22.7 Å². The lowest BCUT2D eigenvalue weighted by atomic mass is 10.1. The van der Waals surface area contributed by atoms with Crippen LogP contribution in [0.2, 0.25) is 0 Å². The third-order valence-corrected chi connectivity index (χ3v) is 4.37. The van der Waals surface area contributed by atoms with Gasteiger partial charge in [0.25, 0.3) is 0 Å². The van der Waals surface area contributed by atoms with Crippen LogP contribution < -0.4 is 4.74 Å². The van der Waals surface area contributed by atoms with Gasteiger partial charge in [0.2, 0.25) is 5.78 Å². The monoisotopic (exact) mass is 300 g/mol. The zero-order valence-corrected chi connectivity index (χ0v) is 12.8. The third-order valence-electron chi connectivity index (χ3n) is 3.40. The number of thiophene rings is 1. The van der Waals surface area contributed by atoms with E-state index in [9.17, 15) is 4.79 Å². The molecule has 4 nitrogen and oxygen atoms in total. The average Bonchev–Trinajstić information content (AvgIpc) is 3.10. The van der Waals surface area contributed by atoms with Crippen LogP contribution in [0.15, 0.2) is 35.8 Å². The lowest BCUT2D eigenvalue weighted by Gasteiger charge is -2.07. The summed E-state index contributed by atoms with van der Waals surface area (Å²) in [6, 6.07) is 7.94. The molecular formula is C16H16N2O2S. The molecule has 0 atom stereocenters. The van der Waals surface area contributed by atoms with Crippen molar-refractivity contribution in [3.63, 3.8) is 0 Å². The predicted octanol–water partition coefficient (Wildman–Crippen LogP) is 3.75. The third kappa shape index (κ3) is 2.34. The van der Waals surface area contributed by atoms with Gasteiger partial charge in [-0.1, -0.05) is 25.1 Å². The van der Waals surface area contributed by atoms with Gasteiger partial charge in [0, 0.05) is 27.6 Å². The second-order valence-corrected chi connectivity index (χ2v) is 5.67. The SMILES string of the molecule is CCCn1ncc(OC)c1C(=O)c1csc2ccccc12. The summed E-state index contributed by atoms with van der Waals surface area (Å²) in [6.45, 7) is 2.76. The van der Waals surface area contributed by atoms with Gasteiger partial charge in [0.15, 0.2) is 11.4 Å². The second-order valence-electron chi connectivity index (χ2n) is 4.76. The van der Waals surface area contributed by atoms with Crippen molar-refractivity contribution in [2.24, 2.45) is 0 Å².